The van der Waals surface area contributed by atoms with Crippen molar-refractivity contribution in [2.75, 3.05) is 33.9 Å². The molecule has 3 atom stereocenters. The number of benzene rings is 1. The molecule has 1 saturated carbocycles. The van der Waals surface area contributed by atoms with Crippen LogP contribution >= 0.6 is 0 Å². The van der Waals surface area contributed by atoms with Crippen molar-refractivity contribution < 1.29 is 19.4 Å². The Morgan fingerprint density at radius 2 is 2.15 bits per heavy atom. The van der Waals surface area contributed by atoms with Crippen molar-refractivity contribution in [2.24, 2.45) is 11.8 Å². The molecule has 3 aliphatic rings. The summed E-state index contributed by atoms with van der Waals surface area (Å²) in [7, 11) is 3.12. The summed E-state index contributed by atoms with van der Waals surface area (Å²) in [5, 5.41) is 10.4. The number of aliphatic hydroxyl groups excluding tert-OH is 1. The fourth-order valence-electron chi connectivity index (χ4n) is 5.27. The number of aliphatic hydroxyl groups is 1. The fourth-order valence-corrected chi connectivity index (χ4v) is 5.27. The maximum Gasteiger partial charge on any atom is 0.306 e. The van der Waals surface area contributed by atoms with Gasteiger partial charge in [-0.15, -0.1) is 0 Å². The van der Waals surface area contributed by atoms with E-state index in [1.165, 1.54) is 31.1 Å². The molecule has 1 aromatic rings. The van der Waals surface area contributed by atoms with Crippen molar-refractivity contribution in [1.29, 1.82) is 0 Å². The van der Waals surface area contributed by atoms with E-state index in [9.17, 15) is 9.90 Å². The van der Waals surface area contributed by atoms with Crippen molar-refractivity contribution in [3.05, 3.63) is 29.3 Å². The number of hydrogen-bond acceptors (Lipinski definition) is 5. The highest BCUT2D eigenvalue weighted by Gasteiger charge is 2.54. The Morgan fingerprint density at radius 1 is 1.35 bits per heavy atom. The van der Waals surface area contributed by atoms with Gasteiger partial charge in [0.15, 0.2) is 0 Å². The van der Waals surface area contributed by atoms with Crippen LogP contribution in [0.15, 0.2) is 18.2 Å². The van der Waals surface area contributed by atoms with Crippen LogP contribution in [-0.4, -0.2) is 55.9 Å². The Bertz CT molecular complexity index is 687. The second-order valence-electron chi connectivity index (χ2n) is 8.18. The van der Waals surface area contributed by atoms with Crippen LogP contribution in [0.25, 0.3) is 0 Å². The lowest BCUT2D eigenvalue weighted by Crippen LogP contribution is -2.62. The minimum Gasteiger partial charge on any atom is -0.497 e. The van der Waals surface area contributed by atoms with E-state index in [0.29, 0.717) is 12.5 Å². The predicted octanol–water partition coefficient (Wildman–Crippen LogP) is 2.15. The number of nitrogens with zero attached hydrogens (tertiary/aromatic N) is 1. The number of fused-ring (bicyclic) bond motifs is 4. The van der Waals surface area contributed by atoms with Crippen LogP contribution in [0.4, 0.5) is 0 Å². The number of hydrogen-bond donors (Lipinski definition) is 1. The van der Waals surface area contributed by atoms with Gasteiger partial charge in [-0.3, -0.25) is 9.69 Å². The number of carbonyl (C=O) groups excluding carboxylic acids is 1. The van der Waals surface area contributed by atoms with E-state index in [1.807, 2.05) is 6.07 Å². The summed E-state index contributed by atoms with van der Waals surface area (Å²) in [6.07, 6.45) is 4.78. The molecule has 0 unspecified atom stereocenters. The molecule has 0 spiro atoms. The van der Waals surface area contributed by atoms with Crippen LogP contribution in [0.1, 0.15) is 36.8 Å². The van der Waals surface area contributed by atoms with E-state index >= 15 is 0 Å². The van der Waals surface area contributed by atoms with Gasteiger partial charge in [-0.05, 0) is 61.4 Å². The van der Waals surface area contributed by atoms with Crippen molar-refractivity contribution in [1.82, 2.24) is 4.90 Å². The molecule has 4 rings (SSSR count). The molecule has 0 aromatic heterocycles. The van der Waals surface area contributed by atoms with Crippen LogP contribution < -0.4 is 4.74 Å². The smallest absolute Gasteiger partial charge is 0.306 e. The first kappa shape index (κ1) is 17.8. The number of methoxy groups -OCH3 is 2. The van der Waals surface area contributed by atoms with Gasteiger partial charge in [-0.2, -0.15) is 0 Å². The first-order valence-corrected chi connectivity index (χ1v) is 9.70. The summed E-state index contributed by atoms with van der Waals surface area (Å²) in [4.78, 5) is 14.9. The first-order chi connectivity index (χ1) is 12.6. The zero-order valence-electron chi connectivity index (χ0n) is 15.7. The monoisotopic (exact) mass is 359 g/mol. The Labute approximate surface area is 155 Å². The number of esters is 1. The lowest BCUT2D eigenvalue weighted by Gasteiger charge is -2.56. The number of likely N-dealkylation sites (tertiary alicyclic amines) is 1. The Balaban J connectivity index is 1.77. The van der Waals surface area contributed by atoms with Gasteiger partial charge >= 0.3 is 5.97 Å². The third-order valence-corrected chi connectivity index (χ3v) is 6.84. The molecular formula is C21H29NO4. The Hall–Kier alpha value is -1.59. The molecule has 1 saturated heterocycles. The van der Waals surface area contributed by atoms with Crippen LogP contribution in [0.3, 0.4) is 0 Å². The van der Waals surface area contributed by atoms with Gasteiger partial charge in [0.25, 0.3) is 0 Å². The average molecular weight is 359 g/mol. The Kier molecular flexibility index (Phi) is 4.70. The minimum atomic E-state index is -0.366. The highest BCUT2D eigenvalue weighted by Crippen LogP contribution is 2.52. The SMILES string of the molecule is COC(=O)C[C@]12CCN(CC3CC3)[C@H](Cc3ccc(OC)cc31)[C@@H]2CO. The van der Waals surface area contributed by atoms with Crippen LogP contribution in [0, 0.1) is 11.8 Å². The molecule has 1 N–H and O–H groups in total. The standard InChI is InChI=1S/C21H29NO4/c1-25-16-6-5-15-9-19-18(13-23)21(17(15)10-16,11-20(24)26-2)7-8-22(19)12-14-3-4-14/h5-6,10,14,18-19,23H,3-4,7-9,11-13H2,1-2H3/t18-,19+,21+/m0/s1. The third kappa shape index (κ3) is 2.91. The molecule has 2 aliphatic carbocycles. The van der Waals surface area contributed by atoms with Gasteiger partial charge in [-0.25, -0.2) is 0 Å². The highest BCUT2D eigenvalue weighted by atomic mass is 16.5. The summed E-state index contributed by atoms with van der Waals surface area (Å²) in [6.45, 7) is 2.20. The van der Waals surface area contributed by atoms with Gasteiger partial charge in [0, 0.05) is 30.5 Å². The maximum absolute atomic E-state index is 12.3. The number of piperidine rings is 1. The lowest BCUT2D eigenvalue weighted by molar-refractivity contribution is -0.145. The van der Waals surface area contributed by atoms with Crippen LogP contribution in [-0.2, 0) is 21.4 Å². The molecule has 142 valence electrons. The highest BCUT2D eigenvalue weighted by molar-refractivity contribution is 5.72. The first-order valence-electron chi connectivity index (χ1n) is 9.70. The second-order valence-corrected chi connectivity index (χ2v) is 8.18. The molecule has 1 heterocycles. The van der Waals surface area contributed by atoms with E-state index in [4.69, 9.17) is 9.47 Å². The Morgan fingerprint density at radius 3 is 2.81 bits per heavy atom. The molecule has 5 nitrogen and oxygen atoms in total. The molecule has 2 bridgehead atoms. The van der Waals surface area contributed by atoms with Gasteiger partial charge in [0.2, 0.25) is 0 Å². The normalized spacial score (nSPS) is 30.6. The number of ether oxygens (including phenoxy) is 2. The second kappa shape index (κ2) is 6.86. The van der Waals surface area contributed by atoms with Crippen molar-refractivity contribution in [3.8, 4) is 5.75 Å². The lowest BCUT2D eigenvalue weighted by atomic mass is 9.56. The summed E-state index contributed by atoms with van der Waals surface area (Å²) >= 11 is 0. The van der Waals surface area contributed by atoms with Crippen LogP contribution in [0.2, 0.25) is 0 Å². The summed E-state index contributed by atoms with van der Waals surface area (Å²) < 4.78 is 10.5. The fraction of sp³-hybridized carbons (Fsp3) is 0.667. The number of rotatable bonds is 6. The van der Waals surface area contributed by atoms with Crippen LogP contribution in [0.5, 0.6) is 5.75 Å². The predicted molar refractivity (Wildman–Crippen MR) is 98.3 cm³/mol. The molecule has 26 heavy (non-hydrogen) atoms. The van der Waals surface area contributed by atoms with Crippen molar-refractivity contribution >= 4 is 5.97 Å². The molecule has 1 aliphatic heterocycles. The average Bonchev–Trinajstić information content (AvgIpc) is 3.47. The van der Waals surface area contributed by atoms with E-state index in [1.54, 1.807) is 7.11 Å². The van der Waals surface area contributed by atoms with Crippen molar-refractivity contribution in [2.45, 2.75) is 43.6 Å². The van der Waals surface area contributed by atoms with Gasteiger partial charge in [0.05, 0.1) is 20.6 Å². The molecule has 0 radical (unpaired) electrons. The zero-order valence-corrected chi connectivity index (χ0v) is 15.7. The van der Waals surface area contributed by atoms with E-state index in [0.717, 1.165) is 37.6 Å². The van der Waals surface area contributed by atoms with Gasteiger partial charge < -0.3 is 14.6 Å². The minimum absolute atomic E-state index is 0.0497. The molecule has 5 heteroatoms. The van der Waals surface area contributed by atoms with Gasteiger partial charge in [0.1, 0.15) is 5.75 Å². The summed E-state index contributed by atoms with van der Waals surface area (Å²) in [5.74, 6) is 1.48. The quantitative estimate of drug-likeness (QED) is 0.789. The third-order valence-electron chi connectivity index (χ3n) is 6.84. The van der Waals surface area contributed by atoms with E-state index in [2.05, 4.69) is 17.0 Å². The largest absolute Gasteiger partial charge is 0.497 e. The van der Waals surface area contributed by atoms with Crippen molar-refractivity contribution in [3.63, 3.8) is 0 Å². The van der Waals surface area contributed by atoms with E-state index < -0.39 is 0 Å². The number of carbonyl (C=O) groups is 1. The maximum atomic E-state index is 12.3. The van der Waals surface area contributed by atoms with E-state index in [-0.39, 0.29) is 23.9 Å². The molecule has 1 aromatic carbocycles. The summed E-state index contributed by atoms with van der Waals surface area (Å²) in [5.41, 5.74) is 2.09. The molecular weight excluding hydrogens is 330 g/mol. The zero-order chi connectivity index (χ0) is 18.3. The topological polar surface area (TPSA) is 59.0 Å². The molecule has 2 fully saturated rings. The molecule has 0 amide bonds. The summed E-state index contributed by atoms with van der Waals surface area (Å²) in [6, 6.07) is 6.51. The van der Waals surface area contributed by atoms with Gasteiger partial charge in [-0.1, -0.05) is 6.07 Å².